The van der Waals surface area contributed by atoms with Crippen molar-refractivity contribution in [2.45, 2.75) is 57.5 Å². The van der Waals surface area contributed by atoms with Gasteiger partial charge >= 0.3 is 0 Å². The molecule has 1 aromatic heterocycles. The Bertz CT molecular complexity index is 1210. The highest BCUT2D eigenvalue weighted by atomic mass is 32.2. The molecule has 6 nitrogen and oxygen atoms in total. The summed E-state index contributed by atoms with van der Waals surface area (Å²) >= 11 is 0. The first-order valence-electron chi connectivity index (χ1n) is 10.3. The maximum Gasteiger partial charge on any atom is 0.252 e. The van der Waals surface area contributed by atoms with Crippen molar-refractivity contribution in [2.75, 3.05) is 0 Å². The number of sulfonamides is 1. The summed E-state index contributed by atoms with van der Waals surface area (Å²) in [6, 6.07) is 16.0. The van der Waals surface area contributed by atoms with Gasteiger partial charge in [-0.05, 0) is 50.5 Å². The van der Waals surface area contributed by atoms with E-state index in [4.69, 9.17) is 0 Å². The molecule has 3 aromatic rings. The van der Waals surface area contributed by atoms with Gasteiger partial charge in [0.15, 0.2) is 0 Å². The second-order valence-electron chi connectivity index (χ2n) is 8.91. The van der Waals surface area contributed by atoms with Crippen LogP contribution < -0.4 is 10.0 Å². The first kappa shape index (κ1) is 22.9. The second-order valence-corrected chi connectivity index (χ2v) is 10.6. The smallest absolute Gasteiger partial charge is 0.252 e. The quantitative estimate of drug-likeness (QED) is 0.597. The molecule has 0 atom stereocenters. The van der Waals surface area contributed by atoms with Crippen LogP contribution in [-0.2, 0) is 16.6 Å². The molecular formula is C24H29N3O3S. The average Bonchev–Trinajstić information content (AvgIpc) is 2.69. The fourth-order valence-corrected chi connectivity index (χ4v) is 4.98. The molecule has 0 aliphatic heterocycles. The molecule has 0 aliphatic carbocycles. The van der Waals surface area contributed by atoms with E-state index in [1.54, 1.807) is 45.0 Å². The zero-order chi connectivity index (χ0) is 22.8. The maximum absolute atomic E-state index is 13.1. The molecule has 7 heteroatoms. The number of carbonyl (C=O) groups is 1. The highest BCUT2D eigenvalue weighted by Crippen LogP contribution is 2.23. The first-order valence-corrected chi connectivity index (χ1v) is 11.8. The van der Waals surface area contributed by atoms with Crippen LogP contribution in [0.1, 0.15) is 62.2 Å². The van der Waals surface area contributed by atoms with Crippen LogP contribution in [-0.4, -0.2) is 24.8 Å². The number of pyridine rings is 1. The molecule has 164 valence electrons. The van der Waals surface area contributed by atoms with Gasteiger partial charge in [0.25, 0.3) is 5.91 Å². The van der Waals surface area contributed by atoms with E-state index in [9.17, 15) is 13.2 Å². The predicted molar refractivity (Wildman–Crippen MR) is 124 cm³/mol. The van der Waals surface area contributed by atoms with Crippen molar-refractivity contribution in [3.8, 4) is 0 Å². The summed E-state index contributed by atoms with van der Waals surface area (Å²) in [4.78, 5) is 17.9. The van der Waals surface area contributed by atoms with Gasteiger partial charge in [0, 0.05) is 23.2 Å². The molecule has 0 fully saturated rings. The zero-order valence-corrected chi connectivity index (χ0v) is 19.4. The third-order valence-electron chi connectivity index (χ3n) is 4.71. The summed E-state index contributed by atoms with van der Waals surface area (Å²) < 4.78 is 28.4. The lowest BCUT2D eigenvalue weighted by Crippen LogP contribution is -2.41. The number of nitrogens with zero attached hydrogens (tertiary/aromatic N) is 1. The average molecular weight is 440 g/mol. The van der Waals surface area contributed by atoms with Crippen molar-refractivity contribution in [3.63, 3.8) is 0 Å². The fourth-order valence-electron chi connectivity index (χ4n) is 3.32. The number of benzene rings is 2. The van der Waals surface area contributed by atoms with Gasteiger partial charge in [-0.25, -0.2) is 13.1 Å². The van der Waals surface area contributed by atoms with Gasteiger partial charge in [0.2, 0.25) is 10.0 Å². The molecule has 0 saturated carbocycles. The highest BCUT2D eigenvalue weighted by molar-refractivity contribution is 7.89. The molecule has 1 heterocycles. The summed E-state index contributed by atoms with van der Waals surface area (Å²) in [5.74, 6) is -0.0954. The van der Waals surface area contributed by atoms with Crippen LogP contribution in [0.25, 0.3) is 10.9 Å². The van der Waals surface area contributed by atoms with Gasteiger partial charge in [-0.15, -0.1) is 0 Å². The number of aromatic nitrogens is 1. The highest BCUT2D eigenvalue weighted by Gasteiger charge is 2.24. The third-order valence-corrected chi connectivity index (χ3v) is 6.57. The van der Waals surface area contributed by atoms with Crippen molar-refractivity contribution in [1.29, 1.82) is 0 Å². The second kappa shape index (κ2) is 8.77. The molecule has 2 N–H and O–H groups in total. The summed E-state index contributed by atoms with van der Waals surface area (Å²) in [6.07, 6.45) is 0. The van der Waals surface area contributed by atoms with Crippen molar-refractivity contribution >= 4 is 26.8 Å². The van der Waals surface area contributed by atoms with Crippen LogP contribution in [0.5, 0.6) is 0 Å². The standard InChI is InChI=1S/C24H29N3O3S/c1-16(2)21-14-19(18-11-7-8-12-20(18)26-21)23(28)25-15-17-10-6-9-13-22(17)31(29,30)27-24(3,4)5/h6-14,16,27H,15H2,1-5H3,(H,25,28). The van der Waals surface area contributed by atoms with E-state index in [1.165, 1.54) is 0 Å². The Balaban J connectivity index is 1.91. The lowest BCUT2D eigenvalue weighted by Gasteiger charge is -2.21. The Labute approximate surface area is 184 Å². The fraction of sp³-hybridized carbons (Fsp3) is 0.333. The maximum atomic E-state index is 13.1. The van der Waals surface area contributed by atoms with Crippen LogP contribution in [0, 0.1) is 0 Å². The number of hydrogen-bond donors (Lipinski definition) is 2. The van der Waals surface area contributed by atoms with E-state index >= 15 is 0 Å². The van der Waals surface area contributed by atoms with Gasteiger partial charge in [-0.2, -0.15) is 0 Å². The van der Waals surface area contributed by atoms with Gasteiger partial charge in [-0.1, -0.05) is 50.2 Å². The number of fused-ring (bicyclic) bond motifs is 1. The molecule has 0 spiro atoms. The summed E-state index contributed by atoms with van der Waals surface area (Å²) in [5, 5.41) is 3.65. The normalized spacial score (nSPS) is 12.3. The Morgan fingerprint density at radius 2 is 1.68 bits per heavy atom. The Morgan fingerprint density at radius 3 is 2.35 bits per heavy atom. The van der Waals surface area contributed by atoms with E-state index in [0.717, 1.165) is 16.6 Å². The number of rotatable bonds is 6. The van der Waals surface area contributed by atoms with E-state index in [2.05, 4.69) is 15.0 Å². The summed E-state index contributed by atoms with van der Waals surface area (Å²) in [5.41, 5.74) is 2.04. The van der Waals surface area contributed by atoms with Gasteiger partial charge in [0.05, 0.1) is 16.0 Å². The number of carbonyl (C=O) groups excluding carboxylic acids is 1. The minimum Gasteiger partial charge on any atom is -0.348 e. The Hall–Kier alpha value is -2.77. The van der Waals surface area contributed by atoms with E-state index in [0.29, 0.717) is 11.1 Å². The van der Waals surface area contributed by atoms with Crippen LogP contribution >= 0.6 is 0 Å². The predicted octanol–water partition coefficient (Wildman–Crippen LogP) is 4.37. The lowest BCUT2D eigenvalue weighted by molar-refractivity contribution is 0.0952. The number of nitrogens with one attached hydrogen (secondary N) is 2. The number of hydrogen-bond acceptors (Lipinski definition) is 4. The molecule has 0 unspecified atom stereocenters. The molecule has 3 rings (SSSR count). The van der Waals surface area contributed by atoms with Gasteiger partial charge in [0.1, 0.15) is 0 Å². The molecule has 0 aliphatic rings. The number of para-hydroxylation sites is 1. The summed E-state index contributed by atoms with van der Waals surface area (Å²) in [7, 11) is -3.73. The monoisotopic (exact) mass is 439 g/mol. The van der Waals surface area contributed by atoms with Crippen LogP contribution in [0.4, 0.5) is 0 Å². The van der Waals surface area contributed by atoms with Crippen molar-refractivity contribution in [2.24, 2.45) is 0 Å². The van der Waals surface area contributed by atoms with Gasteiger partial charge < -0.3 is 5.32 Å². The third kappa shape index (κ3) is 5.48. The summed E-state index contributed by atoms with van der Waals surface area (Å²) in [6.45, 7) is 9.51. The van der Waals surface area contributed by atoms with E-state index in [-0.39, 0.29) is 23.3 Å². The van der Waals surface area contributed by atoms with Crippen molar-refractivity contribution in [1.82, 2.24) is 15.0 Å². The topological polar surface area (TPSA) is 88.2 Å². The van der Waals surface area contributed by atoms with E-state index in [1.807, 2.05) is 44.2 Å². The molecule has 1 amide bonds. The number of amides is 1. The van der Waals surface area contributed by atoms with E-state index < -0.39 is 15.6 Å². The molecule has 0 radical (unpaired) electrons. The minimum absolute atomic E-state index is 0.0910. The Morgan fingerprint density at radius 1 is 1.03 bits per heavy atom. The van der Waals surface area contributed by atoms with Crippen molar-refractivity contribution < 1.29 is 13.2 Å². The zero-order valence-electron chi connectivity index (χ0n) is 18.6. The largest absolute Gasteiger partial charge is 0.348 e. The Kier molecular flexibility index (Phi) is 6.48. The van der Waals surface area contributed by atoms with Crippen molar-refractivity contribution in [3.05, 3.63) is 71.4 Å². The van der Waals surface area contributed by atoms with Crippen LogP contribution in [0.2, 0.25) is 0 Å². The lowest BCUT2D eigenvalue weighted by atomic mass is 10.0. The van der Waals surface area contributed by atoms with Gasteiger partial charge in [-0.3, -0.25) is 9.78 Å². The SMILES string of the molecule is CC(C)c1cc(C(=O)NCc2ccccc2S(=O)(=O)NC(C)(C)C)c2ccccc2n1. The molecule has 0 saturated heterocycles. The first-order chi connectivity index (χ1) is 14.5. The van der Waals surface area contributed by atoms with Crippen LogP contribution in [0.15, 0.2) is 59.5 Å². The molecule has 31 heavy (non-hydrogen) atoms. The molecule has 2 aromatic carbocycles. The van der Waals surface area contributed by atoms with Crippen LogP contribution in [0.3, 0.4) is 0 Å². The molecular weight excluding hydrogens is 410 g/mol. The molecule has 0 bridgehead atoms. The minimum atomic E-state index is -3.73.